The Labute approximate surface area is 192 Å². The standard InChI is InChI=1S/C24H27ClN4O3/c1-15-8-9-16-22(28-19-12-18(25)20(31-2)13-21(19)32-3)17(14-26-23(16)27-15)24(30)29-10-6-4-5-7-11-29/h8-9,12-14H,4-7,10-11H2,1-3H3,(H,26,27,28). The highest BCUT2D eigenvalue weighted by atomic mass is 35.5. The van der Waals surface area contributed by atoms with Crippen LogP contribution in [0.1, 0.15) is 41.7 Å². The molecule has 1 saturated heterocycles. The Morgan fingerprint density at radius 2 is 1.78 bits per heavy atom. The molecule has 4 rings (SSSR count). The van der Waals surface area contributed by atoms with Crippen molar-refractivity contribution < 1.29 is 14.3 Å². The highest BCUT2D eigenvalue weighted by molar-refractivity contribution is 6.32. The number of aromatic nitrogens is 2. The third-order valence-electron chi connectivity index (χ3n) is 5.73. The van der Waals surface area contributed by atoms with E-state index in [9.17, 15) is 4.79 Å². The number of carbonyl (C=O) groups is 1. The number of pyridine rings is 2. The molecule has 2 aromatic heterocycles. The van der Waals surface area contributed by atoms with Gasteiger partial charge in [-0.15, -0.1) is 0 Å². The van der Waals surface area contributed by atoms with Gasteiger partial charge in [0.1, 0.15) is 11.5 Å². The first-order valence-electron chi connectivity index (χ1n) is 10.8. The second-order valence-electron chi connectivity index (χ2n) is 7.89. The van der Waals surface area contributed by atoms with Crippen LogP contribution in [0.2, 0.25) is 5.02 Å². The molecular formula is C24H27ClN4O3. The predicted octanol–water partition coefficient (Wildman–Crippen LogP) is 5.37. The van der Waals surface area contributed by atoms with Gasteiger partial charge in [-0.1, -0.05) is 24.4 Å². The number of likely N-dealkylation sites (tertiary alicyclic amines) is 1. The fourth-order valence-corrected chi connectivity index (χ4v) is 4.25. The number of ether oxygens (including phenoxy) is 2. The van der Waals surface area contributed by atoms with E-state index in [-0.39, 0.29) is 5.91 Å². The average Bonchev–Trinajstić information content (AvgIpc) is 3.08. The summed E-state index contributed by atoms with van der Waals surface area (Å²) >= 11 is 6.39. The maximum Gasteiger partial charge on any atom is 0.257 e. The van der Waals surface area contributed by atoms with Crippen LogP contribution in [0.5, 0.6) is 11.5 Å². The Balaban J connectivity index is 1.84. The minimum absolute atomic E-state index is 0.0389. The summed E-state index contributed by atoms with van der Waals surface area (Å²) in [6.07, 6.45) is 5.93. The molecule has 168 valence electrons. The van der Waals surface area contributed by atoms with Gasteiger partial charge >= 0.3 is 0 Å². The molecule has 7 nitrogen and oxygen atoms in total. The highest BCUT2D eigenvalue weighted by Crippen LogP contribution is 2.39. The van der Waals surface area contributed by atoms with Crippen LogP contribution in [-0.4, -0.2) is 48.1 Å². The van der Waals surface area contributed by atoms with Crippen molar-refractivity contribution in [3.63, 3.8) is 0 Å². The average molecular weight is 455 g/mol. The molecule has 0 bridgehead atoms. The topological polar surface area (TPSA) is 76.6 Å². The molecule has 1 amide bonds. The van der Waals surface area contributed by atoms with E-state index >= 15 is 0 Å². The first kappa shape index (κ1) is 22.1. The van der Waals surface area contributed by atoms with E-state index in [1.807, 2.05) is 24.0 Å². The van der Waals surface area contributed by atoms with Gasteiger partial charge in [-0.25, -0.2) is 9.97 Å². The summed E-state index contributed by atoms with van der Waals surface area (Å²) in [5.74, 6) is 1.01. The van der Waals surface area contributed by atoms with Crippen LogP contribution in [0, 0.1) is 6.92 Å². The van der Waals surface area contributed by atoms with Gasteiger partial charge in [-0.05, 0) is 38.0 Å². The molecule has 3 aromatic rings. The summed E-state index contributed by atoms with van der Waals surface area (Å²) in [7, 11) is 3.13. The maximum atomic E-state index is 13.5. The number of amides is 1. The smallest absolute Gasteiger partial charge is 0.257 e. The van der Waals surface area contributed by atoms with Crippen molar-refractivity contribution in [1.82, 2.24) is 14.9 Å². The molecule has 0 unspecified atom stereocenters. The molecule has 8 heteroatoms. The molecule has 0 saturated carbocycles. The van der Waals surface area contributed by atoms with Crippen LogP contribution >= 0.6 is 11.6 Å². The number of carbonyl (C=O) groups excluding carboxylic acids is 1. The zero-order valence-electron chi connectivity index (χ0n) is 18.6. The Morgan fingerprint density at radius 1 is 1.06 bits per heavy atom. The predicted molar refractivity (Wildman–Crippen MR) is 126 cm³/mol. The number of rotatable bonds is 5. The molecule has 0 spiro atoms. The van der Waals surface area contributed by atoms with Gasteiger partial charge in [0.2, 0.25) is 0 Å². The molecule has 1 N–H and O–H groups in total. The molecule has 1 aliphatic heterocycles. The van der Waals surface area contributed by atoms with Crippen LogP contribution in [0.15, 0.2) is 30.5 Å². The summed E-state index contributed by atoms with van der Waals surface area (Å²) in [5.41, 5.74) is 3.18. The van der Waals surface area contributed by atoms with Crippen molar-refractivity contribution in [1.29, 1.82) is 0 Å². The number of aryl methyl sites for hydroxylation is 1. The van der Waals surface area contributed by atoms with Crippen molar-refractivity contribution in [2.75, 3.05) is 32.6 Å². The fraction of sp³-hybridized carbons (Fsp3) is 0.375. The molecule has 32 heavy (non-hydrogen) atoms. The molecular weight excluding hydrogens is 428 g/mol. The second kappa shape index (κ2) is 9.61. The number of nitrogens with zero attached hydrogens (tertiary/aromatic N) is 3. The fourth-order valence-electron chi connectivity index (χ4n) is 4.01. The van der Waals surface area contributed by atoms with Crippen LogP contribution in [0.4, 0.5) is 11.4 Å². The maximum absolute atomic E-state index is 13.5. The van der Waals surface area contributed by atoms with Gasteiger partial charge in [0.05, 0.1) is 36.2 Å². The van der Waals surface area contributed by atoms with E-state index in [1.54, 1.807) is 32.5 Å². The van der Waals surface area contributed by atoms with Crippen LogP contribution < -0.4 is 14.8 Å². The third kappa shape index (κ3) is 4.43. The zero-order chi connectivity index (χ0) is 22.7. The number of fused-ring (bicyclic) bond motifs is 1. The molecule has 1 fully saturated rings. The summed E-state index contributed by atoms with van der Waals surface area (Å²) < 4.78 is 10.9. The van der Waals surface area contributed by atoms with Crippen molar-refractivity contribution in [2.24, 2.45) is 0 Å². The summed E-state index contributed by atoms with van der Waals surface area (Å²) in [4.78, 5) is 24.5. The van der Waals surface area contributed by atoms with E-state index in [2.05, 4.69) is 15.3 Å². The van der Waals surface area contributed by atoms with E-state index in [1.165, 1.54) is 0 Å². The van der Waals surface area contributed by atoms with E-state index in [4.69, 9.17) is 21.1 Å². The molecule has 0 radical (unpaired) electrons. The SMILES string of the molecule is COc1cc(OC)c(Nc2c(C(=O)N3CCCCCC3)cnc3nc(C)ccc23)cc1Cl. The molecule has 3 heterocycles. The van der Waals surface area contributed by atoms with Crippen LogP contribution in [0.3, 0.4) is 0 Å². The number of anilines is 2. The van der Waals surface area contributed by atoms with Gasteiger partial charge in [0.15, 0.2) is 5.65 Å². The molecule has 1 aromatic carbocycles. The lowest BCUT2D eigenvalue weighted by molar-refractivity contribution is 0.0762. The van der Waals surface area contributed by atoms with Gasteiger partial charge in [0.25, 0.3) is 5.91 Å². The number of methoxy groups -OCH3 is 2. The van der Waals surface area contributed by atoms with Crippen molar-refractivity contribution in [3.05, 3.63) is 46.7 Å². The summed E-state index contributed by atoms with van der Waals surface area (Å²) in [5, 5.41) is 4.58. The Kier molecular flexibility index (Phi) is 6.65. The first-order chi connectivity index (χ1) is 15.5. The van der Waals surface area contributed by atoms with Gasteiger partial charge < -0.3 is 19.7 Å². The lowest BCUT2D eigenvalue weighted by Crippen LogP contribution is -2.32. The molecule has 0 atom stereocenters. The van der Waals surface area contributed by atoms with Gasteiger partial charge in [-0.2, -0.15) is 0 Å². The minimum atomic E-state index is -0.0389. The summed E-state index contributed by atoms with van der Waals surface area (Å²) in [6, 6.07) is 7.29. The van der Waals surface area contributed by atoms with Gasteiger partial charge in [0, 0.05) is 36.4 Å². The number of hydrogen-bond donors (Lipinski definition) is 1. The van der Waals surface area contributed by atoms with Crippen molar-refractivity contribution in [2.45, 2.75) is 32.6 Å². The lowest BCUT2D eigenvalue weighted by atomic mass is 10.1. The van der Waals surface area contributed by atoms with Crippen LogP contribution in [0.25, 0.3) is 11.0 Å². The van der Waals surface area contributed by atoms with E-state index < -0.39 is 0 Å². The van der Waals surface area contributed by atoms with Crippen molar-refractivity contribution in [3.8, 4) is 11.5 Å². The molecule has 0 aliphatic carbocycles. The number of benzene rings is 1. The first-order valence-corrected chi connectivity index (χ1v) is 11.1. The van der Waals surface area contributed by atoms with E-state index in [0.717, 1.165) is 49.9 Å². The minimum Gasteiger partial charge on any atom is -0.495 e. The van der Waals surface area contributed by atoms with E-state index in [0.29, 0.717) is 39.1 Å². The largest absolute Gasteiger partial charge is 0.495 e. The normalized spacial score (nSPS) is 14.2. The lowest BCUT2D eigenvalue weighted by Gasteiger charge is -2.23. The number of nitrogens with one attached hydrogen (secondary N) is 1. The second-order valence-corrected chi connectivity index (χ2v) is 8.30. The molecule has 1 aliphatic rings. The quantitative estimate of drug-likeness (QED) is 0.558. The Bertz CT molecular complexity index is 1140. The monoisotopic (exact) mass is 454 g/mol. The zero-order valence-corrected chi connectivity index (χ0v) is 19.3. The third-order valence-corrected chi connectivity index (χ3v) is 6.02. The summed E-state index contributed by atoms with van der Waals surface area (Å²) in [6.45, 7) is 3.41. The number of hydrogen-bond acceptors (Lipinski definition) is 6. The van der Waals surface area contributed by atoms with Crippen molar-refractivity contribution >= 4 is 39.9 Å². The number of halogens is 1. The highest BCUT2D eigenvalue weighted by Gasteiger charge is 2.23. The van der Waals surface area contributed by atoms with Crippen LogP contribution in [-0.2, 0) is 0 Å². The Hall–Kier alpha value is -3.06. The van der Waals surface area contributed by atoms with Gasteiger partial charge in [-0.3, -0.25) is 4.79 Å². The Morgan fingerprint density at radius 3 is 2.47 bits per heavy atom.